The molecule has 2 N–H and O–H groups in total. The Morgan fingerprint density at radius 3 is 2.56 bits per heavy atom. The molecule has 2 atom stereocenters. The topological polar surface area (TPSA) is 73.1 Å². The van der Waals surface area contributed by atoms with Gasteiger partial charge < -0.3 is 10.4 Å². The molecular weight excluding hydrogens is 204 g/mol. The smallest absolute Gasteiger partial charge is 0.237 e. The summed E-state index contributed by atoms with van der Waals surface area (Å²) in [5.74, 6) is -0.410. The van der Waals surface area contributed by atoms with Gasteiger partial charge in [0.05, 0.1) is 6.07 Å². The number of nitrogens with zero attached hydrogens (tertiary/aromatic N) is 1. The Labute approximate surface area is 97.7 Å². The summed E-state index contributed by atoms with van der Waals surface area (Å²) >= 11 is 0. The molecule has 0 heterocycles. The molecule has 0 fully saturated rings. The van der Waals surface area contributed by atoms with Gasteiger partial charge in [0, 0.05) is 13.2 Å². The number of hydrogen-bond acceptors (Lipinski definition) is 3. The van der Waals surface area contributed by atoms with Gasteiger partial charge in [-0.1, -0.05) is 26.7 Å². The highest BCUT2D eigenvalue weighted by Gasteiger charge is 2.17. The van der Waals surface area contributed by atoms with Gasteiger partial charge in [0.25, 0.3) is 0 Å². The van der Waals surface area contributed by atoms with Crippen molar-refractivity contribution in [1.82, 2.24) is 5.32 Å². The molecule has 0 aliphatic carbocycles. The number of rotatable bonds is 8. The van der Waals surface area contributed by atoms with Crippen LogP contribution in [0.5, 0.6) is 0 Å². The van der Waals surface area contributed by atoms with E-state index in [1.165, 1.54) is 0 Å². The molecule has 0 saturated heterocycles. The summed E-state index contributed by atoms with van der Waals surface area (Å²) < 4.78 is 0. The first-order valence-electron chi connectivity index (χ1n) is 5.97. The molecule has 0 saturated carbocycles. The zero-order chi connectivity index (χ0) is 12.4. The maximum Gasteiger partial charge on any atom is 0.237 e. The molecular formula is C12H22N2O2. The van der Waals surface area contributed by atoms with E-state index in [1.54, 1.807) is 0 Å². The molecule has 0 aromatic rings. The van der Waals surface area contributed by atoms with Gasteiger partial charge >= 0.3 is 0 Å². The Morgan fingerprint density at radius 2 is 2.12 bits per heavy atom. The van der Waals surface area contributed by atoms with Gasteiger partial charge in [-0.3, -0.25) is 4.79 Å². The van der Waals surface area contributed by atoms with Crippen molar-refractivity contribution in [3.05, 3.63) is 0 Å². The lowest BCUT2D eigenvalue weighted by Crippen LogP contribution is -2.34. The summed E-state index contributed by atoms with van der Waals surface area (Å²) in [6, 6.07) is 2.02. The lowest BCUT2D eigenvalue weighted by Gasteiger charge is -2.15. The van der Waals surface area contributed by atoms with Gasteiger partial charge in [0.15, 0.2) is 0 Å². The monoisotopic (exact) mass is 226 g/mol. The molecule has 0 radical (unpaired) electrons. The highest BCUT2D eigenvalue weighted by atomic mass is 16.3. The number of carbonyl (C=O) groups excluding carboxylic acids is 1. The van der Waals surface area contributed by atoms with E-state index in [0.29, 0.717) is 25.3 Å². The lowest BCUT2D eigenvalue weighted by atomic mass is 10.0. The number of aliphatic hydroxyl groups is 1. The largest absolute Gasteiger partial charge is 0.396 e. The maximum absolute atomic E-state index is 11.6. The fraction of sp³-hybridized carbons (Fsp3) is 0.833. The third kappa shape index (κ3) is 5.72. The molecule has 0 aliphatic rings. The summed E-state index contributed by atoms with van der Waals surface area (Å²) in [7, 11) is 0. The standard InChI is InChI=1S/C12H22N2O2/c1-3-5-11(8-13)12(16)14-9-10(4-2)6-7-15/h10-11,15H,3-7,9H2,1-2H3,(H,14,16). The van der Waals surface area contributed by atoms with E-state index in [0.717, 1.165) is 12.8 Å². The van der Waals surface area contributed by atoms with E-state index in [4.69, 9.17) is 10.4 Å². The quantitative estimate of drug-likeness (QED) is 0.658. The van der Waals surface area contributed by atoms with E-state index in [-0.39, 0.29) is 12.5 Å². The molecule has 4 heteroatoms. The molecule has 0 aromatic heterocycles. The maximum atomic E-state index is 11.6. The van der Waals surface area contributed by atoms with Gasteiger partial charge in [-0.2, -0.15) is 5.26 Å². The van der Waals surface area contributed by atoms with Crippen molar-refractivity contribution in [2.24, 2.45) is 11.8 Å². The zero-order valence-electron chi connectivity index (χ0n) is 10.2. The molecule has 0 bridgehead atoms. The average molecular weight is 226 g/mol. The molecule has 0 aliphatic heterocycles. The SMILES string of the molecule is CCCC(C#N)C(=O)NCC(CC)CCO. The van der Waals surface area contributed by atoms with Gasteiger partial charge in [-0.15, -0.1) is 0 Å². The van der Waals surface area contributed by atoms with Gasteiger partial charge in [0.1, 0.15) is 5.92 Å². The first-order chi connectivity index (χ1) is 7.69. The van der Waals surface area contributed by atoms with Crippen LogP contribution in [0.25, 0.3) is 0 Å². The molecule has 0 spiro atoms. The third-order valence-electron chi connectivity index (χ3n) is 2.73. The van der Waals surface area contributed by atoms with Gasteiger partial charge in [-0.05, 0) is 18.8 Å². The molecule has 0 rings (SSSR count). The van der Waals surface area contributed by atoms with Crippen LogP contribution in [0, 0.1) is 23.2 Å². The summed E-state index contributed by atoms with van der Waals surface area (Å²) in [5.41, 5.74) is 0. The number of aliphatic hydroxyl groups excluding tert-OH is 1. The Bertz CT molecular complexity index is 236. The van der Waals surface area contributed by atoms with Crippen molar-refractivity contribution in [1.29, 1.82) is 5.26 Å². The van der Waals surface area contributed by atoms with Crippen LogP contribution in [-0.4, -0.2) is 24.2 Å². The van der Waals surface area contributed by atoms with Crippen LogP contribution in [0.2, 0.25) is 0 Å². The second-order valence-electron chi connectivity index (χ2n) is 4.00. The minimum Gasteiger partial charge on any atom is -0.396 e. The summed E-state index contributed by atoms with van der Waals surface area (Å²) in [6.45, 7) is 4.68. The number of carbonyl (C=O) groups is 1. The first-order valence-corrected chi connectivity index (χ1v) is 5.97. The van der Waals surface area contributed by atoms with E-state index < -0.39 is 5.92 Å². The molecule has 4 nitrogen and oxygen atoms in total. The van der Waals surface area contributed by atoms with E-state index in [9.17, 15) is 4.79 Å². The van der Waals surface area contributed by atoms with Crippen LogP contribution >= 0.6 is 0 Å². The normalized spacial score (nSPS) is 13.9. The number of nitrogens with one attached hydrogen (secondary N) is 1. The first kappa shape index (κ1) is 14.9. The predicted octanol–water partition coefficient (Wildman–Crippen LogP) is 1.45. The van der Waals surface area contributed by atoms with Crippen LogP contribution < -0.4 is 5.32 Å². The van der Waals surface area contributed by atoms with Crippen molar-refractivity contribution >= 4 is 5.91 Å². The third-order valence-corrected chi connectivity index (χ3v) is 2.73. The predicted molar refractivity (Wildman–Crippen MR) is 62.5 cm³/mol. The second kappa shape index (κ2) is 9.17. The Hall–Kier alpha value is -1.08. The number of nitriles is 1. The van der Waals surface area contributed by atoms with Crippen molar-refractivity contribution in [3.63, 3.8) is 0 Å². The minimum absolute atomic E-state index is 0.144. The van der Waals surface area contributed by atoms with E-state index >= 15 is 0 Å². The Balaban J connectivity index is 3.98. The molecule has 92 valence electrons. The van der Waals surface area contributed by atoms with Crippen molar-refractivity contribution < 1.29 is 9.90 Å². The molecule has 16 heavy (non-hydrogen) atoms. The number of amides is 1. The van der Waals surface area contributed by atoms with Crippen LogP contribution in [0.4, 0.5) is 0 Å². The van der Waals surface area contributed by atoms with Crippen molar-refractivity contribution in [3.8, 4) is 6.07 Å². The average Bonchev–Trinajstić information content (AvgIpc) is 2.30. The summed E-state index contributed by atoms with van der Waals surface area (Å²) in [5, 5.41) is 20.4. The van der Waals surface area contributed by atoms with E-state index in [1.807, 2.05) is 19.9 Å². The molecule has 1 amide bonds. The Kier molecular flexibility index (Phi) is 8.55. The van der Waals surface area contributed by atoms with E-state index in [2.05, 4.69) is 5.32 Å². The minimum atomic E-state index is -0.531. The zero-order valence-corrected chi connectivity index (χ0v) is 10.2. The van der Waals surface area contributed by atoms with Crippen LogP contribution in [0.15, 0.2) is 0 Å². The van der Waals surface area contributed by atoms with Gasteiger partial charge in [-0.25, -0.2) is 0 Å². The summed E-state index contributed by atoms with van der Waals surface area (Å²) in [4.78, 5) is 11.6. The summed E-state index contributed by atoms with van der Waals surface area (Å²) in [6.07, 6.45) is 3.06. The van der Waals surface area contributed by atoms with Gasteiger partial charge in [0.2, 0.25) is 5.91 Å². The van der Waals surface area contributed by atoms with Crippen LogP contribution in [0.3, 0.4) is 0 Å². The van der Waals surface area contributed by atoms with Crippen molar-refractivity contribution in [2.75, 3.05) is 13.2 Å². The Morgan fingerprint density at radius 1 is 1.44 bits per heavy atom. The lowest BCUT2D eigenvalue weighted by molar-refractivity contribution is -0.123. The highest BCUT2D eigenvalue weighted by molar-refractivity contribution is 5.80. The van der Waals surface area contributed by atoms with Crippen LogP contribution in [0.1, 0.15) is 39.5 Å². The number of hydrogen-bond donors (Lipinski definition) is 2. The second-order valence-corrected chi connectivity index (χ2v) is 4.00. The van der Waals surface area contributed by atoms with Crippen LogP contribution in [-0.2, 0) is 4.79 Å². The molecule has 2 unspecified atom stereocenters. The fourth-order valence-corrected chi connectivity index (χ4v) is 1.54. The van der Waals surface area contributed by atoms with Crippen molar-refractivity contribution in [2.45, 2.75) is 39.5 Å². The fourth-order valence-electron chi connectivity index (χ4n) is 1.54. The molecule has 0 aromatic carbocycles. The highest BCUT2D eigenvalue weighted by Crippen LogP contribution is 2.08.